The zero-order chi connectivity index (χ0) is 12.4. The second-order valence-corrected chi connectivity index (χ2v) is 6.73. The SMILES string of the molecule is C=CC(=O)NCC1CC(C)(C)CC(C)(C)C1. The molecule has 16 heavy (non-hydrogen) atoms. The van der Waals surface area contributed by atoms with Crippen molar-refractivity contribution in [3.63, 3.8) is 0 Å². The van der Waals surface area contributed by atoms with Crippen molar-refractivity contribution in [2.45, 2.75) is 47.0 Å². The number of amides is 1. The van der Waals surface area contributed by atoms with E-state index in [9.17, 15) is 4.79 Å². The minimum atomic E-state index is -0.0545. The highest BCUT2D eigenvalue weighted by atomic mass is 16.1. The molecule has 1 aliphatic carbocycles. The van der Waals surface area contributed by atoms with Crippen molar-refractivity contribution >= 4 is 5.91 Å². The van der Waals surface area contributed by atoms with Crippen molar-refractivity contribution in [3.05, 3.63) is 12.7 Å². The molecule has 0 atom stereocenters. The molecule has 0 unspecified atom stereocenters. The van der Waals surface area contributed by atoms with Crippen LogP contribution < -0.4 is 5.32 Å². The largest absolute Gasteiger partial charge is 0.352 e. The molecule has 0 radical (unpaired) electrons. The van der Waals surface area contributed by atoms with E-state index in [0.717, 1.165) is 6.54 Å². The number of rotatable bonds is 3. The van der Waals surface area contributed by atoms with E-state index in [2.05, 4.69) is 39.6 Å². The van der Waals surface area contributed by atoms with Crippen LogP contribution in [0.3, 0.4) is 0 Å². The Kier molecular flexibility index (Phi) is 3.82. The number of hydrogen-bond donors (Lipinski definition) is 1. The lowest BCUT2D eigenvalue weighted by molar-refractivity contribution is -0.116. The van der Waals surface area contributed by atoms with Crippen molar-refractivity contribution in [2.75, 3.05) is 6.54 Å². The first kappa shape index (κ1) is 13.3. The van der Waals surface area contributed by atoms with Crippen LogP contribution >= 0.6 is 0 Å². The topological polar surface area (TPSA) is 29.1 Å². The van der Waals surface area contributed by atoms with E-state index in [1.54, 1.807) is 0 Å². The van der Waals surface area contributed by atoms with E-state index in [4.69, 9.17) is 0 Å². The Morgan fingerprint density at radius 3 is 2.25 bits per heavy atom. The number of hydrogen-bond acceptors (Lipinski definition) is 1. The van der Waals surface area contributed by atoms with Crippen LogP contribution in [0.2, 0.25) is 0 Å². The molecule has 92 valence electrons. The number of carbonyl (C=O) groups excluding carboxylic acids is 1. The summed E-state index contributed by atoms with van der Waals surface area (Å²) in [6, 6.07) is 0. The van der Waals surface area contributed by atoms with Crippen LogP contribution in [0.1, 0.15) is 47.0 Å². The maximum atomic E-state index is 11.1. The van der Waals surface area contributed by atoms with Crippen LogP contribution in [0.5, 0.6) is 0 Å². The molecule has 0 saturated heterocycles. The molecule has 1 aliphatic rings. The summed E-state index contributed by atoms with van der Waals surface area (Å²) < 4.78 is 0. The third-order valence-electron chi connectivity index (χ3n) is 3.39. The molecule has 0 bridgehead atoms. The van der Waals surface area contributed by atoms with E-state index in [1.165, 1.54) is 25.3 Å². The molecule has 1 rings (SSSR count). The standard InChI is InChI=1S/C14H25NO/c1-6-12(16)15-9-11-7-13(2,3)10-14(4,5)8-11/h6,11H,1,7-10H2,2-5H3,(H,15,16). The van der Waals surface area contributed by atoms with Gasteiger partial charge in [-0.3, -0.25) is 4.79 Å². The van der Waals surface area contributed by atoms with Gasteiger partial charge < -0.3 is 5.32 Å². The lowest BCUT2D eigenvalue weighted by Crippen LogP contribution is -2.39. The van der Waals surface area contributed by atoms with Gasteiger partial charge in [0.15, 0.2) is 0 Å². The van der Waals surface area contributed by atoms with Crippen LogP contribution in [0.15, 0.2) is 12.7 Å². The Morgan fingerprint density at radius 1 is 1.31 bits per heavy atom. The maximum Gasteiger partial charge on any atom is 0.243 e. The molecule has 0 aromatic carbocycles. The first-order chi connectivity index (χ1) is 7.24. The predicted molar refractivity (Wildman–Crippen MR) is 68.1 cm³/mol. The quantitative estimate of drug-likeness (QED) is 0.732. The summed E-state index contributed by atoms with van der Waals surface area (Å²) in [5.74, 6) is 0.545. The van der Waals surface area contributed by atoms with E-state index in [-0.39, 0.29) is 5.91 Å². The minimum absolute atomic E-state index is 0.0545. The summed E-state index contributed by atoms with van der Waals surface area (Å²) in [6.45, 7) is 13.6. The van der Waals surface area contributed by atoms with E-state index in [1.807, 2.05) is 0 Å². The molecule has 0 aliphatic heterocycles. The van der Waals surface area contributed by atoms with Crippen molar-refractivity contribution in [1.82, 2.24) is 5.32 Å². The molecule has 1 saturated carbocycles. The minimum Gasteiger partial charge on any atom is -0.352 e. The van der Waals surface area contributed by atoms with Crippen molar-refractivity contribution in [2.24, 2.45) is 16.7 Å². The monoisotopic (exact) mass is 223 g/mol. The third kappa shape index (κ3) is 3.99. The van der Waals surface area contributed by atoms with E-state index >= 15 is 0 Å². The normalized spacial score (nSPS) is 23.8. The average Bonchev–Trinajstić information content (AvgIpc) is 2.09. The number of carbonyl (C=O) groups is 1. The Morgan fingerprint density at radius 2 is 1.81 bits per heavy atom. The molecular formula is C14H25NO. The van der Waals surface area contributed by atoms with Crippen molar-refractivity contribution in [1.29, 1.82) is 0 Å². The van der Waals surface area contributed by atoms with Gasteiger partial charge in [-0.15, -0.1) is 0 Å². The van der Waals surface area contributed by atoms with Gasteiger partial charge in [-0.05, 0) is 42.1 Å². The van der Waals surface area contributed by atoms with Gasteiger partial charge in [-0.25, -0.2) is 0 Å². The smallest absolute Gasteiger partial charge is 0.243 e. The summed E-state index contributed by atoms with van der Waals surface area (Å²) >= 11 is 0. The zero-order valence-electron chi connectivity index (χ0n) is 11.1. The molecule has 2 nitrogen and oxygen atoms in total. The highest BCUT2D eigenvalue weighted by molar-refractivity contribution is 5.86. The summed E-state index contributed by atoms with van der Waals surface area (Å²) in [5, 5.41) is 2.92. The second kappa shape index (κ2) is 4.60. The molecule has 0 heterocycles. The maximum absolute atomic E-state index is 11.1. The molecule has 1 N–H and O–H groups in total. The molecule has 1 fully saturated rings. The summed E-state index contributed by atoms with van der Waals surface area (Å²) in [4.78, 5) is 11.1. The molecular weight excluding hydrogens is 198 g/mol. The first-order valence-corrected chi connectivity index (χ1v) is 6.14. The fourth-order valence-electron chi connectivity index (χ4n) is 3.54. The Bertz CT molecular complexity index is 262. The second-order valence-electron chi connectivity index (χ2n) is 6.73. The lowest BCUT2D eigenvalue weighted by Gasteiger charge is -2.45. The fraction of sp³-hybridized carbons (Fsp3) is 0.786. The molecule has 1 amide bonds. The van der Waals surface area contributed by atoms with Gasteiger partial charge >= 0.3 is 0 Å². The van der Waals surface area contributed by atoms with Crippen LogP contribution in [-0.4, -0.2) is 12.5 Å². The Hall–Kier alpha value is -0.790. The first-order valence-electron chi connectivity index (χ1n) is 6.14. The van der Waals surface area contributed by atoms with Gasteiger partial charge in [0.2, 0.25) is 5.91 Å². The number of nitrogens with one attached hydrogen (secondary N) is 1. The summed E-state index contributed by atoms with van der Waals surface area (Å²) in [6.07, 6.45) is 5.02. The molecule has 0 aromatic heterocycles. The zero-order valence-corrected chi connectivity index (χ0v) is 11.1. The summed E-state index contributed by atoms with van der Waals surface area (Å²) in [7, 11) is 0. The van der Waals surface area contributed by atoms with E-state index < -0.39 is 0 Å². The predicted octanol–water partition coefficient (Wildman–Crippen LogP) is 3.14. The Labute approximate surface area is 99.5 Å². The van der Waals surface area contributed by atoms with E-state index in [0.29, 0.717) is 16.7 Å². The van der Waals surface area contributed by atoms with Crippen LogP contribution in [0.25, 0.3) is 0 Å². The Balaban J connectivity index is 2.54. The fourth-order valence-corrected chi connectivity index (χ4v) is 3.54. The van der Waals surface area contributed by atoms with Gasteiger partial charge in [0.25, 0.3) is 0 Å². The third-order valence-corrected chi connectivity index (χ3v) is 3.39. The summed E-state index contributed by atoms with van der Waals surface area (Å²) in [5.41, 5.74) is 0.788. The highest BCUT2D eigenvalue weighted by Gasteiger charge is 2.38. The van der Waals surface area contributed by atoms with Gasteiger partial charge in [0, 0.05) is 6.54 Å². The molecule has 0 spiro atoms. The molecule has 2 heteroatoms. The lowest BCUT2D eigenvalue weighted by atomic mass is 9.61. The highest BCUT2D eigenvalue weighted by Crippen LogP contribution is 2.47. The van der Waals surface area contributed by atoms with Gasteiger partial charge in [-0.1, -0.05) is 34.3 Å². The van der Waals surface area contributed by atoms with Gasteiger partial charge in [0.05, 0.1) is 0 Å². The van der Waals surface area contributed by atoms with Crippen molar-refractivity contribution in [3.8, 4) is 0 Å². The molecule has 0 aromatic rings. The van der Waals surface area contributed by atoms with Crippen LogP contribution in [0.4, 0.5) is 0 Å². The van der Waals surface area contributed by atoms with Crippen LogP contribution in [-0.2, 0) is 4.79 Å². The van der Waals surface area contributed by atoms with Crippen molar-refractivity contribution < 1.29 is 4.79 Å². The van der Waals surface area contributed by atoms with Gasteiger partial charge in [-0.2, -0.15) is 0 Å². The van der Waals surface area contributed by atoms with Crippen LogP contribution in [0, 0.1) is 16.7 Å². The average molecular weight is 223 g/mol. The van der Waals surface area contributed by atoms with Gasteiger partial charge in [0.1, 0.15) is 0 Å².